The van der Waals surface area contributed by atoms with Crippen LogP contribution in [0.5, 0.6) is 0 Å². The number of hydrogen-bond acceptors (Lipinski definition) is 4. The van der Waals surface area contributed by atoms with E-state index in [0.29, 0.717) is 11.1 Å². The molecule has 1 aliphatic rings. The van der Waals surface area contributed by atoms with Crippen molar-refractivity contribution in [3.63, 3.8) is 0 Å². The molecule has 0 amide bonds. The van der Waals surface area contributed by atoms with Crippen molar-refractivity contribution in [2.45, 2.75) is 39.0 Å². The second-order valence-electron chi connectivity index (χ2n) is 5.29. The smallest absolute Gasteiger partial charge is 0.229 e. The van der Waals surface area contributed by atoms with Gasteiger partial charge in [0.1, 0.15) is 4.91 Å². The van der Waals surface area contributed by atoms with Gasteiger partial charge in [0, 0.05) is 11.1 Å². The molecule has 0 N–H and O–H groups in total. The number of allylic oxidation sites excluding steroid dienone is 1. The normalized spacial score (nSPS) is 15.2. The molecule has 1 aliphatic carbocycles. The average Bonchev–Trinajstić information content (AvgIpc) is 2.63. The number of carbonyl (C=O) groups is 1. The molecule has 0 aromatic heterocycles. The number of ether oxygens (including phenoxy) is 1. The molecule has 1 aromatic rings. The Morgan fingerprint density at radius 1 is 1.00 bits per heavy atom. The number of rotatable bonds is 4. The Hall–Kier alpha value is -1.62. The zero-order valence-electron chi connectivity index (χ0n) is 12.0. The minimum atomic E-state index is -3.58. The Labute approximate surface area is 119 Å². The molecule has 0 spiro atoms. The fourth-order valence-corrected chi connectivity index (χ4v) is 3.44. The molecule has 0 unspecified atom stereocenters. The molecule has 108 valence electrons. The van der Waals surface area contributed by atoms with E-state index in [0.717, 1.165) is 0 Å². The lowest BCUT2D eigenvalue weighted by Crippen LogP contribution is -2.17. The average molecular weight is 294 g/mol. The summed E-state index contributed by atoms with van der Waals surface area (Å²) < 4.78 is 30.6. The number of sulfone groups is 1. The Morgan fingerprint density at radius 3 is 2.05 bits per heavy atom. The summed E-state index contributed by atoms with van der Waals surface area (Å²) in [5.74, 6) is -0.400. The molecule has 0 heterocycles. The highest BCUT2D eigenvalue weighted by atomic mass is 32.2. The van der Waals surface area contributed by atoms with Crippen LogP contribution in [-0.2, 0) is 14.6 Å². The van der Waals surface area contributed by atoms with Gasteiger partial charge in [0.15, 0.2) is 15.6 Å². The van der Waals surface area contributed by atoms with Crippen LogP contribution in [0.4, 0.5) is 0 Å². The summed E-state index contributed by atoms with van der Waals surface area (Å²) in [7, 11) is -3.58. The first-order valence-corrected chi connectivity index (χ1v) is 8.10. The summed E-state index contributed by atoms with van der Waals surface area (Å²) in [6, 6.07) is 6.72. The van der Waals surface area contributed by atoms with Crippen molar-refractivity contribution >= 4 is 20.5 Å². The molecular weight excluding hydrogens is 276 g/mol. The van der Waals surface area contributed by atoms with Crippen LogP contribution < -0.4 is 0 Å². The lowest BCUT2D eigenvalue weighted by atomic mass is 10.1. The number of hydrogen-bond donors (Lipinski definition) is 0. The fourth-order valence-electron chi connectivity index (χ4n) is 2.09. The number of ketones is 1. The van der Waals surface area contributed by atoms with E-state index in [1.807, 2.05) is 0 Å². The van der Waals surface area contributed by atoms with Crippen molar-refractivity contribution in [2.24, 2.45) is 0 Å². The van der Waals surface area contributed by atoms with E-state index in [-0.39, 0.29) is 22.6 Å². The minimum Gasteiger partial charge on any atom is -0.486 e. The fraction of sp³-hybridized carbons (Fsp3) is 0.400. The lowest BCUT2D eigenvalue weighted by molar-refractivity contribution is 0.0856. The second kappa shape index (κ2) is 5.05. The molecule has 2 rings (SSSR count). The summed E-state index contributed by atoms with van der Waals surface area (Å²) in [4.78, 5) is 12.4. The Bertz CT molecular complexity index is 682. The second-order valence-corrected chi connectivity index (χ2v) is 7.73. The first-order valence-electron chi connectivity index (χ1n) is 6.55. The topological polar surface area (TPSA) is 60.4 Å². The molecule has 0 aliphatic heterocycles. The van der Waals surface area contributed by atoms with Crippen LogP contribution in [0.25, 0.3) is 4.91 Å². The molecule has 5 heteroatoms. The van der Waals surface area contributed by atoms with Gasteiger partial charge in [0.2, 0.25) is 5.78 Å². The standard InChI is InChI=1S/C15H18O4S/c1-9(2)19-14-13(16)11-7-5-6-8-12(11)15(14)20(17,18)10(3)4/h5-10H,1-4H3. The Kier molecular flexibility index (Phi) is 3.73. The monoisotopic (exact) mass is 294 g/mol. The van der Waals surface area contributed by atoms with Gasteiger partial charge < -0.3 is 4.74 Å². The highest BCUT2D eigenvalue weighted by Gasteiger charge is 2.39. The van der Waals surface area contributed by atoms with Gasteiger partial charge in [-0.25, -0.2) is 8.42 Å². The number of benzene rings is 1. The van der Waals surface area contributed by atoms with Crippen LogP contribution in [0.15, 0.2) is 30.0 Å². The summed E-state index contributed by atoms with van der Waals surface area (Å²) in [6.45, 7) is 6.73. The van der Waals surface area contributed by atoms with Crippen LogP contribution in [0, 0.1) is 0 Å². The van der Waals surface area contributed by atoms with E-state index in [1.54, 1.807) is 52.0 Å². The predicted octanol–water partition coefficient (Wildman–Crippen LogP) is 2.80. The quantitative estimate of drug-likeness (QED) is 0.856. The maximum atomic E-state index is 12.5. The van der Waals surface area contributed by atoms with Gasteiger partial charge >= 0.3 is 0 Å². The largest absolute Gasteiger partial charge is 0.486 e. The third-order valence-electron chi connectivity index (χ3n) is 3.09. The van der Waals surface area contributed by atoms with Gasteiger partial charge in [-0.3, -0.25) is 4.79 Å². The minimum absolute atomic E-state index is 0.0294. The van der Waals surface area contributed by atoms with Gasteiger partial charge in [-0.15, -0.1) is 0 Å². The molecule has 0 saturated heterocycles. The third-order valence-corrected chi connectivity index (χ3v) is 5.30. The first kappa shape index (κ1) is 14.8. The van der Waals surface area contributed by atoms with E-state index >= 15 is 0 Å². The molecule has 1 aromatic carbocycles. The van der Waals surface area contributed by atoms with Crippen LogP contribution in [0.2, 0.25) is 0 Å². The van der Waals surface area contributed by atoms with Crippen LogP contribution >= 0.6 is 0 Å². The van der Waals surface area contributed by atoms with Gasteiger partial charge in [-0.2, -0.15) is 0 Å². The number of fused-ring (bicyclic) bond motifs is 1. The van der Waals surface area contributed by atoms with Crippen LogP contribution in [-0.4, -0.2) is 25.6 Å². The highest BCUT2D eigenvalue weighted by molar-refractivity contribution is 8.01. The van der Waals surface area contributed by atoms with Crippen LogP contribution in [0.3, 0.4) is 0 Å². The van der Waals surface area contributed by atoms with E-state index in [2.05, 4.69) is 0 Å². The number of Topliss-reactive ketones (excluding diaryl/α,β-unsaturated/α-hetero) is 1. The maximum absolute atomic E-state index is 12.5. The van der Waals surface area contributed by atoms with Crippen molar-refractivity contribution < 1.29 is 17.9 Å². The van der Waals surface area contributed by atoms with E-state index in [9.17, 15) is 13.2 Å². The maximum Gasteiger partial charge on any atom is 0.229 e. The Morgan fingerprint density at radius 2 is 1.55 bits per heavy atom. The van der Waals surface area contributed by atoms with Crippen molar-refractivity contribution in [2.75, 3.05) is 0 Å². The molecule has 0 saturated carbocycles. The molecule has 0 bridgehead atoms. The molecule has 0 atom stereocenters. The van der Waals surface area contributed by atoms with Crippen molar-refractivity contribution in [3.05, 3.63) is 41.2 Å². The predicted molar refractivity (Wildman–Crippen MR) is 78.0 cm³/mol. The first-order chi connectivity index (χ1) is 9.26. The molecular formula is C15H18O4S. The summed E-state index contributed by atoms with van der Waals surface area (Å²) in [5, 5.41) is -0.609. The number of carbonyl (C=O) groups excluding carboxylic acids is 1. The molecule has 20 heavy (non-hydrogen) atoms. The van der Waals surface area contributed by atoms with E-state index < -0.39 is 15.1 Å². The third kappa shape index (κ3) is 2.26. The van der Waals surface area contributed by atoms with Gasteiger partial charge in [-0.1, -0.05) is 24.3 Å². The van der Waals surface area contributed by atoms with Crippen LogP contribution in [0.1, 0.15) is 43.6 Å². The van der Waals surface area contributed by atoms with Crippen molar-refractivity contribution in [1.29, 1.82) is 0 Å². The van der Waals surface area contributed by atoms with Gasteiger partial charge in [0.05, 0.1) is 11.4 Å². The lowest BCUT2D eigenvalue weighted by Gasteiger charge is -2.14. The summed E-state index contributed by atoms with van der Waals surface area (Å²) >= 11 is 0. The summed E-state index contributed by atoms with van der Waals surface area (Å²) in [6.07, 6.45) is -0.263. The van der Waals surface area contributed by atoms with E-state index in [4.69, 9.17) is 4.74 Å². The van der Waals surface area contributed by atoms with Crippen molar-refractivity contribution in [1.82, 2.24) is 0 Å². The molecule has 0 radical (unpaired) electrons. The Balaban J connectivity index is 2.73. The molecule has 4 nitrogen and oxygen atoms in total. The molecule has 0 fully saturated rings. The highest BCUT2D eigenvalue weighted by Crippen LogP contribution is 2.39. The van der Waals surface area contributed by atoms with Gasteiger partial charge in [-0.05, 0) is 27.7 Å². The van der Waals surface area contributed by atoms with Gasteiger partial charge in [0.25, 0.3) is 0 Å². The summed E-state index contributed by atoms with van der Waals surface area (Å²) in [5.41, 5.74) is 0.837. The van der Waals surface area contributed by atoms with E-state index in [1.165, 1.54) is 0 Å². The van der Waals surface area contributed by atoms with Crippen molar-refractivity contribution in [3.8, 4) is 0 Å². The zero-order chi connectivity index (χ0) is 15.1. The SMILES string of the molecule is CC(C)OC1=C(S(=O)(=O)C(C)C)c2ccccc2C1=O. The zero-order valence-corrected chi connectivity index (χ0v) is 12.8.